The molecular weight excluding hydrogens is 498 g/mol. The van der Waals surface area contributed by atoms with Crippen LogP contribution in [0.4, 0.5) is 0 Å². The van der Waals surface area contributed by atoms with Gasteiger partial charge < -0.3 is 4.40 Å². The standard InChI is InChI=1S/C38H23N3/c1-2-9-24(10-3-1)25-11-8-12-26(21-25)34-18-17-31-28(19-20-39-38(31)40-34)27-22-32-29-13-4-6-15-35(29)41-36-16-7-5-14-30(36)33(23-27)37(32)41/h1-23H. The zero-order chi connectivity index (χ0) is 26.9. The summed E-state index contributed by atoms with van der Waals surface area (Å²) in [6, 6.07) is 47.6. The topological polar surface area (TPSA) is 30.2 Å². The minimum atomic E-state index is 0.754. The molecule has 0 aliphatic rings. The Morgan fingerprint density at radius 1 is 0.439 bits per heavy atom. The van der Waals surface area contributed by atoms with Crippen molar-refractivity contribution in [2.24, 2.45) is 0 Å². The Balaban J connectivity index is 1.25. The van der Waals surface area contributed by atoms with Gasteiger partial charge in [0.25, 0.3) is 0 Å². The van der Waals surface area contributed by atoms with E-state index >= 15 is 0 Å². The molecule has 0 N–H and O–H groups in total. The van der Waals surface area contributed by atoms with Gasteiger partial charge in [-0.2, -0.15) is 0 Å². The molecule has 3 heteroatoms. The van der Waals surface area contributed by atoms with Crippen molar-refractivity contribution >= 4 is 49.1 Å². The molecule has 41 heavy (non-hydrogen) atoms. The van der Waals surface area contributed by atoms with Crippen molar-refractivity contribution in [1.29, 1.82) is 0 Å². The van der Waals surface area contributed by atoms with Crippen LogP contribution < -0.4 is 0 Å². The molecule has 4 heterocycles. The zero-order valence-electron chi connectivity index (χ0n) is 22.1. The van der Waals surface area contributed by atoms with Crippen LogP contribution in [0.15, 0.2) is 140 Å². The fourth-order valence-corrected chi connectivity index (χ4v) is 6.54. The van der Waals surface area contributed by atoms with Crippen LogP contribution in [0.2, 0.25) is 0 Å². The van der Waals surface area contributed by atoms with E-state index in [0.29, 0.717) is 0 Å². The van der Waals surface area contributed by atoms with E-state index in [1.54, 1.807) is 0 Å². The van der Waals surface area contributed by atoms with Crippen molar-refractivity contribution in [2.45, 2.75) is 0 Å². The van der Waals surface area contributed by atoms with E-state index in [4.69, 9.17) is 9.97 Å². The van der Waals surface area contributed by atoms with E-state index in [1.165, 1.54) is 54.8 Å². The lowest BCUT2D eigenvalue weighted by Crippen LogP contribution is -1.91. The predicted octanol–water partition coefficient (Wildman–Crippen LogP) is 9.78. The summed E-state index contributed by atoms with van der Waals surface area (Å²) in [7, 11) is 0. The van der Waals surface area contributed by atoms with Gasteiger partial charge in [-0.05, 0) is 70.8 Å². The number of fused-ring (bicyclic) bond motifs is 7. The monoisotopic (exact) mass is 521 g/mol. The summed E-state index contributed by atoms with van der Waals surface area (Å²) in [5.74, 6) is 0. The van der Waals surface area contributed by atoms with E-state index in [0.717, 1.165) is 27.9 Å². The van der Waals surface area contributed by atoms with Gasteiger partial charge in [0.15, 0.2) is 5.65 Å². The van der Waals surface area contributed by atoms with Crippen molar-refractivity contribution in [3.8, 4) is 33.5 Å². The molecule has 0 saturated carbocycles. The summed E-state index contributed by atoms with van der Waals surface area (Å²) in [5.41, 5.74) is 11.2. The van der Waals surface area contributed by atoms with Gasteiger partial charge in [-0.25, -0.2) is 9.97 Å². The summed E-state index contributed by atoms with van der Waals surface area (Å²) in [6.45, 7) is 0. The van der Waals surface area contributed by atoms with E-state index in [9.17, 15) is 0 Å². The number of para-hydroxylation sites is 2. The van der Waals surface area contributed by atoms with Crippen LogP contribution in [0, 0.1) is 0 Å². The molecule has 0 aliphatic heterocycles. The Kier molecular flexibility index (Phi) is 4.61. The highest BCUT2D eigenvalue weighted by Crippen LogP contribution is 2.42. The Labute approximate surface area is 236 Å². The van der Waals surface area contributed by atoms with Gasteiger partial charge in [-0.3, -0.25) is 0 Å². The maximum atomic E-state index is 5.04. The summed E-state index contributed by atoms with van der Waals surface area (Å²) in [5, 5.41) is 6.15. The molecule has 0 aliphatic carbocycles. The highest BCUT2D eigenvalue weighted by Gasteiger charge is 2.19. The third kappa shape index (κ3) is 3.26. The molecule has 5 aromatic carbocycles. The van der Waals surface area contributed by atoms with Crippen molar-refractivity contribution in [3.63, 3.8) is 0 Å². The highest BCUT2D eigenvalue weighted by molar-refractivity contribution is 6.24. The third-order valence-electron chi connectivity index (χ3n) is 8.38. The molecular formula is C38H23N3. The van der Waals surface area contributed by atoms with Crippen LogP contribution in [-0.2, 0) is 0 Å². The Morgan fingerprint density at radius 2 is 1.10 bits per heavy atom. The smallest absolute Gasteiger partial charge is 0.160 e. The molecule has 0 amide bonds. The van der Waals surface area contributed by atoms with Crippen LogP contribution in [-0.4, -0.2) is 14.4 Å². The summed E-state index contributed by atoms with van der Waals surface area (Å²) < 4.78 is 2.42. The molecule has 0 radical (unpaired) electrons. The minimum absolute atomic E-state index is 0.754. The molecule has 190 valence electrons. The zero-order valence-corrected chi connectivity index (χ0v) is 22.1. The minimum Gasteiger partial charge on any atom is -0.308 e. The lowest BCUT2D eigenvalue weighted by atomic mass is 9.97. The molecule has 0 bridgehead atoms. The van der Waals surface area contributed by atoms with Crippen LogP contribution in [0.5, 0.6) is 0 Å². The number of hydrogen-bond acceptors (Lipinski definition) is 2. The Morgan fingerprint density at radius 3 is 1.85 bits per heavy atom. The van der Waals surface area contributed by atoms with E-state index < -0.39 is 0 Å². The van der Waals surface area contributed by atoms with E-state index in [2.05, 4.69) is 132 Å². The van der Waals surface area contributed by atoms with E-state index in [-0.39, 0.29) is 0 Å². The number of nitrogens with zero attached hydrogens (tertiary/aromatic N) is 3. The fourth-order valence-electron chi connectivity index (χ4n) is 6.54. The molecule has 0 saturated heterocycles. The first-order chi connectivity index (χ1) is 20.3. The van der Waals surface area contributed by atoms with Gasteiger partial charge in [0, 0.05) is 38.7 Å². The third-order valence-corrected chi connectivity index (χ3v) is 8.38. The number of hydrogen-bond donors (Lipinski definition) is 0. The second kappa shape index (κ2) is 8.48. The number of benzene rings is 5. The SMILES string of the molecule is c1ccc(-c2cccc(-c3ccc4c(-c5cc6c7ccccc7n7c8ccccc8c(c5)c67)ccnc4n3)c2)cc1. The van der Waals surface area contributed by atoms with Crippen LogP contribution in [0.3, 0.4) is 0 Å². The van der Waals surface area contributed by atoms with Crippen molar-refractivity contribution < 1.29 is 0 Å². The molecule has 3 nitrogen and oxygen atoms in total. The van der Waals surface area contributed by atoms with Crippen molar-refractivity contribution in [3.05, 3.63) is 140 Å². The van der Waals surface area contributed by atoms with Gasteiger partial charge in [0.2, 0.25) is 0 Å². The normalized spacial score (nSPS) is 11.9. The van der Waals surface area contributed by atoms with Gasteiger partial charge in [-0.15, -0.1) is 0 Å². The molecule has 0 unspecified atom stereocenters. The number of pyridine rings is 2. The summed E-state index contributed by atoms with van der Waals surface area (Å²) >= 11 is 0. The van der Waals surface area contributed by atoms with Gasteiger partial charge in [0.1, 0.15) is 0 Å². The predicted molar refractivity (Wildman–Crippen MR) is 171 cm³/mol. The summed E-state index contributed by atoms with van der Waals surface area (Å²) in [4.78, 5) is 9.75. The number of rotatable bonds is 3. The van der Waals surface area contributed by atoms with Crippen molar-refractivity contribution in [2.75, 3.05) is 0 Å². The first-order valence-electron chi connectivity index (χ1n) is 13.9. The second-order valence-electron chi connectivity index (χ2n) is 10.7. The molecule has 0 spiro atoms. The lowest BCUT2D eigenvalue weighted by Gasteiger charge is -2.10. The average Bonchev–Trinajstić information content (AvgIpc) is 3.56. The molecule has 9 rings (SSSR count). The van der Waals surface area contributed by atoms with Crippen molar-refractivity contribution in [1.82, 2.24) is 14.4 Å². The first kappa shape index (κ1) is 22.3. The fraction of sp³-hybridized carbons (Fsp3) is 0. The van der Waals surface area contributed by atoms with Gasteiger partial charge in [0.05, 0.1) is 22.2 Å². The molecule has 4 aromatic heterocycles. The molecule has 0 atom stereocenters. The van der Waals surface area contributed by atoms with Gasteiger partial charge >= 0.3 is 0 Å². The molecule has 0 fully saturated rings. The van der Waals surface area contributed by atoms with Crippen LogP contribution in [0.1, 0.15) is 0 Å². The van der Waals surface area contributed by atoms with Crippen LogP contribution in [0.25, 0.3) is 82.6 Å². The number of aromatic nitrogens is 3. The maximum absolute atomic E-state index is 5.04. The highest BCUT2D eigenvalue weighted by atomic mass is 14.9. The van der Waals surface area contributed by atoms with E-state index in [1.807, 2.05) is 12.3 Å². The Bertz CT molecular complexity index is 2330. The second-order valence-corrected chi connectivity index (χ2v) is 10.7. The van der Waals surface area contributed by atoms with Crippen LogP contribution >= 0.6 is 0 Å². The summed E-state index contributed by atoms with van der Waals surface area (Å²) in [6.07, 6.45) is 1.88. The quantitative estimate of drug-likeness (QED) is 0.232. The average molecular weight is 522 g/mol. The van der Waals surface area contributed by atoms with Gasteiger partial charge in [-0.1, -0.05) is 84.9 Å². The largest absolute Gasteiger partial charge is 0.308 e. The molecule has 9 aromatic rings. The lowest BCUT2D eigenvalue weighted by molar-refractivity contribution is 1.29. The first-order valence-corrected chi connectivity index (χ1v) is 13.9. The Hall–Kier alpha value is -5.54. The maximum Gasteiger partial charge on any atom is 0.160 e.